The Balaban J connectivity index is 1.51. The van der Waals surface area contributed by atoms with Gasteiger partial charge in [-0.15, -0.1) is 0 Å². The summed E-state index contributed by atoms with van der Waals surface area (Å²) in [6.45, 7) is 1.89. The Bertz CT molecular complexity index is 1090. The smallest absolute Gasteiger partial charge is 0.339 e. The lowest BCUT2D eigenvalue weighted by Gasteiger charge is -2.20. The Morgan fingerprint density at radius 3 is 2.40 bits per heavy atom. The topological polar surface area (TPSA) is 63.7 Å². The zero-order valence-corrected chi connectivity index (χ0v) is 18.0. The summed E-state index contributed by atoms with van der Waals surface area (Å²) in [4.78, 5) is 13.3. The van der Waals surface area contributed by atoms with Crippen LogP contribution in [0.4, 0.5) is 0 Å². The normalized spacial score (nSPS) is 14.0. The second-order valence-electron chi connectivity index (χ2n) is 7.32. The molecule has 0 saturated heterocycles. The summed E-state index contributed by atoms with van der Waals surface area (Å²) in [5.74, 6) is 6.65. The summed E-state index contributed by atoms with van der Waals surface area (Å²) < 4.78 is 29.9. The average Bonchev–Trinajstić information content (AvgIpc) is 2.72. The van der Waals surface area contributed by atoms with Crippen molar-refractivity contribution in [1.82, 2.24) is 4.90 Å². The van der Waals surface area contributed by atoms with Crippen LogP contribution >= 0.6 is 0 Å². The molecule has 6 heteroatoms. The highest BCUT2D eigenvalue weighted by molar-refractivity contribution is 7.87. The van der Waals surface area contributed by atoms with Gasteiger partial charge in [0.15, 0.2) is 0 Å². The van der Waals surface area contributed by atoms with E-state index in [1.165, 1.54) is 17.7 Å². The third-order valence-electron chi connectivity index (χ3n) is 4.83. The molecule has 0 radical (unpaired) electrons. The van der Waals surface area contributed by atoms with E-state index in [9.17, 15) is 13.2 Å². The second-order valence-corrected chi connectivity index (χ2v) is 8.87. The molecule has 5 nitrogen and oxygen atoms in total. The Hall–Kier alpha value is -3.04. The monoisotopic (exact) mass is 423 g/mol. The van der Waals surface area contributed by atoms with Gasteiger partial charge < -0.3 is 9.08 Å². The van der Waals surface area contributed by atoms with Gasteiger partial charge in [0.1, 0.15) is 10.6 Å². The third kappa shape index (κ3) is 5.98. The number of hydrogen-bond donors (Lipinski definition) is 0. The number of carbonyl (C=O) groups excluding carboxylic acids is 1. The summed E-state index contributed by atoms with van der Waals surface area (Å²) in [6.07, 6.45) is 6.00. The van der Waals surface area contributed by atoms with Crippen molar-refractivity contribution in [3.63, 3.8) is 0 Å². The summed E-state index contributed by atoms with van der Waals surface area (Å²) in [5, 5.41) is 0. The maximum absolute atomic E-state index is 12.3. The van der Waals surface area contributed by atoms with Gasteiger partial charge in [-0.25, -0.2) is 0 Å². The number of carbonyl (C=O) groups is 1. The molecular weight excluding hydrogens is 398 g/mol. The van der Waals surface area contributed by atoms with Crippen LogP contribution in [0, 0.1) is 18.8 Å². The van der Waals surface area contributed by atoms with Gasteiger partial charge in [0.25, 0.3) is 0 Å². The van der Waals surface area contributed by atoms with Crippen molar-refractivity contribution >= 4 is 16.0 Å². The van der Waals surface area contributed by atoms with Crippen LogP contribution in [0.25, 0.3) is 0 Å². The number of rotatable bonds is 6. The standard InChI is InChI=1S/C24H25NO4S/c1-19-8-15-23(16-9-19)30(27,28)29-22-13-10-20(11-14-22)6-4-3-5-7-21-12-17-24(26)25(2)18-21/h8-11,13-16,18H,3,5,7,12,17H2,1-2H3. The van der Waals surface area contributed by atoms with E-state index in [-0.39, 0.29) is 16.6 Å². The molecule has 0 unspecified atom stereocenters. The van der Waals surface area contributed by atoms with Crippen molar-refractivity contribution in [2.24, 2.45) is 0 Å². The highest BCUT2D eigenvalue weighted by Crippen LogP contribution is 2.21. The first-order chi connectivity index (χ1) is 14.3. The summed E-state index contributed by atoms with van der Waals surface area (Å²) in [6, 6.07) is 13.2. The number of aryl methyl sites for hydroxylation is 1. The van der Waals surface area contributed by atoms with Crippen LogP contribution in [0.5, 0.6) is 5.75 Å². The molecule has 1 heterocycles. The van der Waals surface area contributed by atoms with Gasteiger partial charge in [-0.2, -0.15) is 8.42 Å². The van der Waals surface area contributed by atoms with Crippen molar-refractivity contribution in [1.29, 1.82) is 0 Å². The van der Waals surface area contributed by atoms with E-state index in [1.807, 2.05) is 13.1 Å². The maximum Gasteiger partial charge on any atom is 0.339 e. The largest absolute Gasteiger partial charge is 0.379 e. The molecule has 0 aliphatic carbocycles. The van der Waals surface area contributed by atoms with E-state index in [2.05, 4.69) is 11.8 Å². The number of allylic oxidation sites excluding steroid dienone is 1. The Morgan fingerprint density at radius 2 is 1.73 bits per heavy atom. The minimum absolute atomic E-state index is 0.126. The first-order valence-electron chi connectivity index (χ1n) is 9.89. The van der Waals surface area contributed by atoms with Gasteiger partial charge in [0, 0.05) is 31.7 Å². The number of hydrogen-bond acceptors (Lipinski definition) is 4. The minimum atomic E-state index is -3.85. The average molecular weight is 424 g/mol. The van der Waals surface area contributed by atoms with E-state index in [0.717, 1.165) is 36.8 Å². The summed E-state index contributed by atoms with van der Waals surface area (Å²) in [7, 11) is -2.06. The van der Waals surface area contributed by atoms with Gasteiger partial charge in [-0.05, 0) is 62.6 Å². The van der Waals surface area contributed by atoms with Gasteiger partial charge in [-0.3, -0.25) is 4.79 Å². The van der Waals surface area contributed by atoms with Crippen molar-refractivity contribution in [2.45, 2.75) is 43.9 Å². The lowest BCUT2D eigenvalue weighted by Crippen LogP contribution is -2.24. The van der Waals surface area contributed by atoms with Gasteiger partial charge in [0.2, 0.25) is 5.91 Å². The number of unbranched alkanes of at least 4 members (excludes halogenated alkanes) is 1. The molecule has 156 valence electrons. The molecule has 0 spiro atoms. The Labute approximate surface area is 178 Å². The zero-order valence-electron chi connectivity index (χ0n) is 17.2. The SMILES string of the molecule is Cc1ccc(S(=O)(=O)Oc2ccc(C#CCCCC3=CN(C)C(=O)CC3)cc2)cc1. The predicted octanol–water partition coefficient (Wildman–Crippen LogP) is 4.42. The van der Waals surface area contributed by atoms with Crippen LogP contribution in [0.2, 0.25) is 0 Å². The molecule has 1 aliphatic heterocycles. The molecule has 0 N–H and O–H groups in total. The van der Waals surface area contributed by atoms with E-state index < -0.39 is 10.1 Å². The molecule has 0 fully saturated rings. The van der Waals surface area contributed by atoms with E-state index in [1.54, 1.807) is 48.3 Å². The molecule has 2 aromatic rings. The fraction of sp³-hybridized carbons (Fsp3) is 0.292. The fourth-order valence-corrected chi connectivity index (χ4v) is 4.02. The lowest BCUT2D eigenvalue weighted by molar-refractivity contribution is -0.128. The highest BCUT2D eigenvalue weighted by Gasteiger charge is 2.16. The lowest BCUT2D eigenvalue weighted by atomic mass is 10.0. The minimum Gasteiger partial charge on any atom is -0.379 e. The van der Waals surface area contributed by atoms with Gasteiger partial charge in [-0.1, -0.05) is 35.1 Å². The van der Waals surface area contributed by atoms with E-state index in [0.29, 0.717) is 6.42 Å². The maximum atomic E-state index is 12.3. The quantitative estimate of drug-likeness (QED) is 0.392. The molecule has 1 amide bonds. The van der Waals surface area contributed by atoms with Crippen LogP contribution in [-0.2, 0) is 14.9 Å². The first kappa shape index (κ1) is 21.7. The highest BCUT2D eigenvalue weighted by atomic mass is 32.2. The summed E-state index contributed by atoms with van der Waals surface area (Å²) in [5.41, 5.74) is 3.07. The number of benzene rings is 2. The second kappa shape index (κ2) is 9.64. The number of nitrogens with zero attached hydrogens (tertiary/aromatic N) is 1. The number of amides is 1. The van der Waals surface area contributed by atoms with E-state index in [4.69, 9.17) is 4.18 Å². The van der Waals surface area contributed by atoms with Crippen LogP contribution in [0.3, 0.4) is 0 Å². The van der Waals surface area contributed by atoms with Crippen LogP contribution in [-0.4, -0.2) is 26.3 Å². The van der Waals surface area contributed by atoms with Crippen molar-refractivity contribution in [2.75, 3.05) is 7.05 Å². The Kier molecular flexibility index (Phi) is 6.96. The molecule has 1 aliphatic rings. The van der Waals surface area contributed by atoms with Gasteiger partial charge in [0.05, 0.1) is 0 Å². The zero-order chi connectivity index (χ0) is 21.6. The van der Waals surface area contributed by atoms with Crippen LogP contribution < -0.4 is 4.18 Å². The molecular formula is C24H25NO4S. The molecule has 3 rings (SSSR count). The summed E-state index contributed by atoms with van der Waals surface area (Å²) >= 11 is 0. The van der Waals surface area contributed by atoms with Crippen molar-refractivity contribution in [3.05, 3.63) is 71.4 Å². The van der Waals surface area contributed by atoms with E-state index >= 15 is 0 Å². The molecule has 0 atom stereocenters. The fourth-order valence-electron chi connectivity index (χ4n) is 3.09. The molecule has 0 aromatic heterocycles. The van der Waals surface area contributed by atoms with Crippen LogP contribution in [0.1, 0.15) is 43.2 Å². The van der Waals surface area contributed by atoms with Crippen molar-refractivity contribution in [3.8, 4) is 17.6 Å². The first-order valence-corrected chi connectivity index (χ1v) is 11.3. The molecule has 0 bridgehead atoms. The predicted molar refractivity (Wildman–Crippen MR) is 116 cm³/mol. The van der Waals surface area contributed by atoms with Gasteiger partial charge >= 0.3 is 10.1 Å². The molecule has 2 aromatic carbocycles. The van der Waals surface area contributed by atoms with Crippen molar-refractivity contribution < 1.29 is 17.4 Å². The molecule has 0 saturated carbocycles. The van der Waals surface area contributed by atoms with Crippen LogP contribution in [0.15, 0.2) is 65.2 Å². The third-order valence-corrected chi connectivity index (χ3v) is 6.09. The molecule has 30 heavy (non-hydrogen) atoms. The Morgan fingerprint density at radius 1 is 1.03 bits per heavy atom.